The molecule has 1 unspecified atom stereocenters. The maximum atomic E-state index is 11.5. The van der Waals surface area contributed by atoms with Crippen molar-refractivity contribution < 1.29 is 14.0 Å². The quantitative estimate of drug-likeness (QED) is 0.517. The Morgan fingerprint density at radius 3 is 2.17 bits per heavy atom. The van der Waals surface area contributed by atoms with Crippen molar-refractivity contribution >= 4 is 14.3 Å². The molecule has 0 radical (unpaired) electrons. The van der Waals surface area contributed by atoms with Crippen LogP contribution in [0.1, 0.15) is 53.9 Å². The van der Waals surface area contributed by atoms with E-state index in [-0.39, 0.29) is 17.1 Å². The van der Waals surface area contributed by atoms with Gasteiger partial charge in [-0.05, 0) is 31.0 Å². The normalized spacial score (nSPS) is 14.4. The van der Waals surface area contributed by atoms with E-state index in [1.807, 2.05) is 13.8 Å². The molecule has 108 valence electrons. The fraction of sp³-hybridized carbons (Fsp3) is 0.929. The van der Waals surface area contributed by atoms with Crippen molar-refractivity contribution in [2.45, 2.75) is 78.1 Å². The zero-order valence-corrected chi connectivity index (χ0v) is 14.1. The van der Waals surface area contributed by atoms with Gasteiger partial charge in [0.25, 0.3) is 0 Å². The van der Waals surface area contributed by atoms with Gasteiger partial charge in [-0.15, -0.1) is 0 Å². The van der Waals surface area contributed by atoms with Crippen molar-refractivity contribution in [3.63, 3.8) is 0 Å². The molecule has 0 heterocycles. The van der Waals surface area contributed by atoms with Crippen LogP contribution in [0, 0.1) is 0 Å². The molecule has 0 amide bonds. The molecule has 0 aliphatic rings. The molecule has 0 aromatic heterocycles. The third-order valence-corrected chi connectivity index (χ3v) is 8.14. The summed E-state index contributed by atoms with van der Waals surface area (Å²) >= 11 is 0. The van der Waals surface area contributed by atoms with E-state index in [0.29, 0.717) is 13.0 Å². The molecule has 0 aliphatic carbocycles. The van der Waals surface area contributed by atoms with E-state index in [1.165, 1.54) is 0 Å². The standard InChI is InChI=1S/C14H30O3Si/c1-8-10-13(15)17-12(9-2)11-16-18(6,7)14(3,4)5/h12H,8-11H2,1-7H3. The molecule has 0 saturated carbocycles. The third-order valence-electron chi connectivity index (χ3n) is 3.64. The van der Waals surface area contributed by atoms with Crippen LogP contribution >= 0.6 is 0 Å². The Kier molecular flexibility index (Phi) is 7.15. The van der Waals surface area contributed by atoms with Crippen LogP contribution in [0.15, 0.2) is 0 Å². The van der Waals surface area contributed by atoms with E-state index < -0.39 is 8.32 Å². The second-order valence-electron chi connectivity index (χ2n) is 6.34. The molecule has 18 heavy (non-hydrogen) atoms. The van der Waals surface area contributed by atoms with Crippen LogP contribution in [0.3, 0.4) is 0 Å². The summed E-state index contributed by atoms with van der Waals surface area (Å²) in [6, 6.07) is 0. The highest BCUT2D eigenvalue weighted by Gasteiger charge is 2.37. The van der Waals surface area contributed by atoms with Gasteiger partial charge in [0.15, 0.2) is 8.32 Å². The first kappa shape index (κ1) is 17.6. The number of esters is 1. The topological polar surface area (TPSA) is 35.5 Å². The maximum absolute atomic E-state index is 11.5. The van der Waals surface area contributed by atoms with Crippen LogP contribution in [-0.2, 0) is 14.0 Å². The van der Waals surface area contributed by atoms with Gasteiger partial charge in [-0.3, -0.25) is 4.79 Å². The van der Waals surface area contributed by atoms with Gasteiger partial charge in [0, 0.05) is 6.42 Å². The zero-order valence-electron chi connectivity index (χ0n) is 13.1. The number of ether oxygens (including phenoxy) is 1. The van der Waals surface area contributed by atoms with Gasteiger partial charge in [-0.1, -0.05) is 34.6 Å². The van der Waals surface area contributed by atoms with E-state index in [2.05, 4.69) is 33.9 Å². The monoisotopic (exact) mass is 274 g/mol. The van der Waals surface area contributed by atoms with Crippen molar-refractivity contribution in [2.24, 2.45) is 0 Å². The molecule has 0 rings (SSSR count). The number of carbonyl (C=O) groups excluding carboxylic acids is 1. The fourth-order valence-corrected chi connectivity index (χ4v) is 2.24. The lowest BCUT2D eigenvalue weighted by atomic mass is 10.2. The van der Waals surface area contributed by atoms with Crippen LogP contribution in [0.25, 0.3) is 0 Å². The molecular weight excluding hydrogens is 244 g/mol. The summed E-state index contributed by atoms with van der Waals surface area (Å²) < 4.78 is 11.5. The maximum Gasteiger partial charge on any atom is 0.306 e. The summed E-state index contributed by atoms with van der Waals surface area (Å²) in [5, 5.41) is 0.193. The summed E-state index contributed by atoms with van der Waals surface area (Å²) in [5.74, 6) is -0.108. The largest absolute Gasteiger partial charge is 0.460 e. The zero-order chi connectivity index (χ0) is 14.4. The molecular formula is C14H30O3Si. The average Bonchev–Trinajstić information content (AvgIpc) is 2.22. The summed E-state index contributed by atoms with van der Waals surface area (Å²) in [6.45, 7) is 15.6. The Balaban J connectivity index is 4.27. The molecule has 0 spiro atoms. The Hall–Kier alpha value is -0.353. The molecule has 4 heteroatoms. The predicted molar refractivity (Wildman–Crippen MR) is 78.2 cm³/mol. The Morgan fingerprint density at radius 1 is 1.22 bits per heavy atom. The lowest BCUT2D eigenvalue weighted by molar-refractivity contribution is -0.150. The SMILES string of the molecule is CCCC(=O)OC(CC)CO[Si](C)(C)C(C)(C)C. The van der Waals surface area contributed by atoms with Gasteiger partial charge >= 0.3 is 5.97 Å². The molecule has 0 saturated heterocycles. The van der Waals surface area contributed by atoms with E-state index in [4.69, 9.17) is 9.16 Å². The van der Waals surface area contributed by atoms with Crippen LogP contribution in [-0.4, -0.2) is 27.0 Å². The van der Waals surface area contributed by atoms with Gasteiger partial charge in [0.2, 0.25) is 0 Å². The second kappa shape index (κ2) is 7.29. The summed E-state index contributed by atoms with van der Waals surface area (Å²) in [4.78, 5) is 11.5. The fourth-order valence-electron chi connectivity index (χ4n) is 1.20. The Labute approximate surface area is 113 Å². The van der Waals surface area contributed by atoms with Crippen molar-refractivity contribution in [3.8, 4) is 0 Å². The number of carbonyl (C=O) groups is 1. The highest BCUT2D eigenvalue weighted by molar-refractivity contribution is 6.74. The average molecular weight is 274 g/mol. The first-order chi connectivity index (χ1) is 8.14. The van der Waals surface area contributed by atoms with Crippen LogP contribution in [0.5, 0.6) is 0 Å². The molecule has 0 aromatic carbocycles. The highest BCUT2D eigenvalue weighted by Crippen LogP contribution is 2.36. The van der Waals surface area contributed by atoms with Gasteiger partial charge < -0.3 is 9.16 Å². The smallest absolute Gasteiger partial charge is 0.306 e. The molecule has 3 nitrogen and oxygen atoms in total. The van der Waals surface area contributed by atoms with Gasteiger partial charge in [0.05, 0.1) is 6.61 Å². The Morgan fingerprint density at radius 2 is 1.78 bits per heavy atom. The van der Waals surface area contributed by atoms with Crippen molar-refractivity contribution in [2.75, 3.05) is 6.61 Å². The predicted octanol–water partition coefficient (Wildman–Crippen LogP) is 4.13. The van der Waals surface area contributed by atoms with Crippen LogP contribution in [0.2, 0.25) is 18.1 Å². The van der Waals surface area contributed by atoms with Crippen molar-refractivity contribution in [1.82, 2.24) is 0 Å². The minimum absolute atomic E-state index is 0.0989. The Bertz CT molecular complexity index is 256. The number of rotatable bonds is 7. The molecule has 0 N–H and O–H groups in total. The van der Waals surface area contributed by atoms with E-state index in [0.717, 1.165) is 12.8 Å². The van der Waals surface area contributed by atoms with E-state index >= 15 is 0 Å². The molecule has 0 aromatic rings. The molecule has 0 aliphatic heterocycles. The molecule has 0 bridgehead atoms. The lowest BCUT2D eigenvalue weighted by Gasteiger charge is -2.37. The highest BCUT2D eigenvalue weighted by atomic mass is 28.4. The second-order valence-corrected chi connectivity index (χ2v) is 11.2. The van der Waals surface area contributed by atoms with Gasteiger partial charge in [-0.25, -0.2) is 0 Å². The minimum atomic E-state index is -1.74. The van der Waals surface area contributed by atoms with E-state index in [1.54, 1.807) is 0 Å². The van der Waals surface area contributed by atoms with Crippen LogP contribution in [0.4, 0.5) is 0 Å². The first-order valence-corrected chi connectivity index (χ1v) is 9.88. The molecule has 0 fully saturated rings. The molecule has 1 atom stereocenters. The minimum Gasteiger partial charge on any atom is -0.460 e. The van der Waals surface area contributed by atoms with Crippen molar-refractivity contribution in [1.29, 1.82) is 0 Å². The lowest BCUT2D eigenvalue weighted by Crippen LogP contribution is -2.43. The van der Waals surface area contributed by atoms with Crippen LogP contribution < -0.4 is 0 Å². The van der Waals surface area contributed by atoms with Gasteiger partial charge in [-0.2, -0.15) is 0 Å². The van der Waals surface area contributed by atoms with Gasteiger partial charge in [0.1, 0.15) is 6.10 Å². The third kappa shape index (κ3) is 6.00. The summed E-state index contributed by atoms with van der Waals surface area (Å²) in [6.07, 6.45) is 2.04. The van der Waals surface area contributed by atoms with E-state index in [9.17, 15) is 4.79 Å². The number of hydrogen-bond donors (Lipinski definition) is 0. The summed E-state index contributed by atoms with van der Waals surface area (Å²) in [5.41, 5.74) is 0. The first-order valence-electron chi connectivity index (χ1n) is 6.97. The van der Waals surface area contributed by atoms with Crippen molar-refractivity contribution in [3.05, 3.63) is 0 Å². The number of hydrogen-bond acceptors (Lipinski definition) is 3. The summed E-state index contributed by atoms with van der Waals surface area (Å²) in [7, 11) is -1.74.